The Hall–Kier alpha value is -8.35. The fraction of sp³-hybridized carbons (Fsp3) is 0.0678. The van der Waals surface area contributed by atoms with Gasteiger partial charge < -0.3 is 14.9 Å². The number of benzene rings is 5. The minimum atomic E-state index is 0.732. The van der Waals surface area contributed by atoms with Gasteiger partial charge in [0.1, 0.15) is 0 Å². The average molecular weight is 845 g/mol. The van der Waals surface area contributed by atoms with Crippen LogP contribution in [0.15, 0.2) is 220 Å². The zero-order valence-corrected chi connectivity index (χ0v) is 37.2. The maximum atomic E-state index is 6.64. The Labute approximate surface area is 381 Å². The highest BCUT2D eigenvalue weighted by Crippen LogP contribution is 2.40. The molecule has 6 nitrogen and oxygen atoms in total. The molecule has 6 heteroatoms. The first-order chi connectivity index (χ1) is 31.9. The number of rotatable bonds is 9. The molecule has 0 saturated heterocycles. The van der Waals surface area contributed by atoms with E-state index >= 15 is 0 Å². The summed E-state index contributed by atoms with van der Waals surface area (Å²) in [6.07, 6.45) is 17.8. The van der Waals surface area contributed by atoms with Gasteiger partial charge in [0.05, 0.1) is 38.8 Å². The van der Waals surface area contributed by atoms with Crippen LogP contribution in [0.5, 0.6) is 0 Å². The number of nitrogens with zero attached hydrogens (tertiary/aromatic N) is 5. The molecule has 318 valence electrons. The Morgan fingerprint density at radius 3 is 1.74 bits per heavy atom. The van der Waals surface area contributed by atoms with E-state index in [1.807, 2.05) is 74.1 Å². The molecule has 2 N–H and O–H groups in total. The molecule has 0 bridgehead atoms. The molecule has 0 spiro atoms. The predicted molar refractivity (Wildman–Crippen MR) is 277 cm³/mol. The summed E-state index contributed by atoms with van der Waals surface area (Å²) < 4.78 is 4.65. The lowest BCUT2D eigenvalue weighted by atomic mass is 9.92. The number of allylic oxidation sites excluding steroid dienone is 6. The minimum absolute atomic E-state index is 0.732. The zero-order valence-electron chi connectivity index (χ0n) is 37.2. The van der Waals surface area contributed by atoms with E-state index in [2.05, 4.69) is 169 Å². The average Bonchev–Trinajstić information content (AvgIpc) is 3.88. The lowest BCUT2D eigenvalue weighted by molar-refractivity contribution is 1.13. The van der Waals surface area contributed by atoms with E-state index in [0.29, 0.717) is 0 Å². The minimum Gasteiger partial charge on any atom is -0.398 e. The third-order valence-electron chi connectivity index (χ3n) is 11.4. The second-order valence-electron chi connectivity index (χ2n) is 15.5. The number of aromatic nitrogens is 5. The number of nitrogens with two attached hydrogens (primary N) is 1. The van der Waals surface area contributed by atoms with Crippen molar-refractivity contribution in [1.82, 2.24) is 24.1 Å². The summed E-state index contributed by atoms with van der Waals surface area (Å²) in [7, 11) is 0. The van der Waals surface area contributed by atoms with E-state index < -0.39 is 0 Å². The Kier molecular flexibility index (Phi) is 13.2. The van der Waals surface area contributed by atoms with Crippen LogP contribution < -0.4 is 5.73 Å². The maximum Gasteiger partial charge on any atom is 0.0963 e. The number of aryl methyl sites for hydroxylation is 1. The van der Waals surface area contributed by atoms with Crippen molar-refractivity contribution >= 4 is 49.6 Å². The fourth-order valence-electron chi connectivity index (χ4n) is 8.38. The molecular weight excluding hydrogens is 793 g/mol. The molecule has 10 aromatic rings. The lowest BCUT2D eigenvalue weighted by Crippen LogP contribution is -2.00. The maximum absolute atomic E-state index is 6.64. The van der Waals surface area contributed by atoms with E-state index in [9.17, 15) is 0 Å². The van der Waals surface area contributed by atoms with Crippen molar-refractivity contribution < 1.29 is 0 Å². The SMILES string of the molecule is C/C=C\C=C(/N)c1cccc(C)c1-c1ccc2c(c1)c1ncccc1n2-c1cccc(-n2c3ccc(-c4ccccc4-c4ccccn4)cc3c3ncccc32)c1.C=CC=C.C=CCC. The van der Waals surface area contributed by atoms with E-state index in [0.717, 1.165) is 106 Å². The molecule has 0 fully saturated rings. The molecule has 0 atom stereocenters. The molecule has 0 aliphatic carbocycles. The van der Waals surface area contributed by atoms with Crippen molar-refractivity contribution in [3.63, 3.8) is 0 Å². The summed E-state index contributed by atoms with van der Waals surface area (Å²) in [4.78, 5) is 14.5. The standard InChI is InChI=1S/C51H38N6.C4H8.C4H6/c1-3-4-19-43(52)40-18-9-13-33(2)49(40)35-24-26-46-42(31-35)51-48(22-12-29-55-51)57(46)37-15-10-14-36(32-37)56-45-25-23-34(30-41(45)50-47(56)21-11-28-54-50)38-16-5-6-17-39(38)44-20-7-8-27-53-44;2*1-3-4-2/h3-32H,52H2,1-2H3;3H,1,4H2,2H3;3-4H,1-2H2/b4-3-,43-19-;;. The monoisotopic (exact) mass is 844 g/mol. The van der Waals surface area contributed by atoms with Crippen LogP contribution in [0.25, 0.3) is 94.5 Å². The van der Waals surface area contributed by atoms with Crippen molar-refractivity contribution in [3.8, 4) is 44.9 Å². The summed E-state index contributed by atoms with van der Waals surface area (Å²) in [5, 5.41) is 2.17. The Balaban J connectivity index is 0.000000668. The highest BCUT2D eigenvalue weighted by atomic mass is 15.0. The predicted octanol–water partition coefficient (Wildman–Crippen LogP) is 15.2. The molecule has 0 saturated carbocycles. The first-order valence-corrected chi connectivity index (χ1v) is 21.9. The van der Waals surface area contributed by atoms with E-state index in [-0.39, 0.29) is 0 Å². The lowest BCUT2D eigenvalue weighted by Gasteiger charge is -2.15. The highest BCUT2D eigenvalue weighted by Gasteiger charge is 2.19. The van der Waals surface area contributed by atoms with Crippen LogP contribution in [-0.4, -0.2) is 24.1 Å². The van der Waals surface area contributed by atoms with Gasteiger partial charge in [0.15, 0.2) is 0 Å². The van der Waals surface area contributed by atoms with Gasteiger partial charge >= 0.3 is 0 Å². The molecule has 0 aliphatic heterocycles. The van der Waals surface area contributed by atoms with Gasteiger partial charge in [-0.3, -0.25) is 15.0 Å². The summed E-state index contributed by atoms with van der Waals surface area (Å²) in [5.74, 6) is 0. The summed E-state index contributed by atoms with van der Waals surface area (Å²) in [6, 6.07) is 51.3. The molecule has 5 aromatic carbocycles. The van der Waals surface area contributed by atoms with Gasteiger partial charge in [-0.15, -0.1) is 6.58 Å². The number of hydrogen-bond acceptors (Lipinski definition) is 4. The van der Waals surface area contributed by atoms with Crippen molar-refractivity contribution in [2.75, 3.05) is 0 Å². The topological polar surface area (TPSA) is 74.5 Å². The van der Waals surface area contributed by atoms with E-state index in [4.69, 9.17) is 15.7 Å². The van der Waals surface area contributed by atoms with Crippen LogP contribution in [0.1, 0.15) is 31.4 Å². The summed E-state index contributed by atoms with van der Waals surface area (Å²) in [6.45, 7) is 16.4. The molecule has 0 radical (unpaired) electrons. The van der Waals surface area contributed by atoms with Crippen LogP contribution >= 0.6 is 0 Å². The Bertz CT molecular complexity index is 3390. The molecule has 5 heterocycles. The van der Waals surface area contributed by atoms with Gasteiger partial charge in [-0.1, -0.05) is 117 Å². The highest BCUT2D eigenvalue weighted by molar-refractivity contribution is 6.10. The third-order valence-corrected chi connectivity index (χ3v) is 11.4. The molecule has 65 heavy (non-hydrogen) atoms. The molecule has 0 aliphatic rings. The van der Waals surface area contributed by atoms with Gasteiger partial charge in [-0.25, -0.2) is 0 Å². The Morgan fingerprint density at radius 1 is 0.585 bits per heavy atom. The molecule has 5 aromatic heterocycles. The van der Waals surface area contributed by atoms with Crippen LogP contribution in [-0.2, 0) is 0 Å². The smallest absolute Gasteiger partial charge is 0.0963 e. The van der Waals surface area contributed by atoms with Crippen LogP contribution in [0.4, 0.5) is 0 Å². The van der Waals surface area contributed by atoms with Gasteiger partial charge in [-0.2, -0.15) is 0 Å². The fourth-order valence-corrected chi connectivity index (χ4v) is 8.38. The number of fused-ring (bicyclic) bond motifs is 6. The molecule has 0 amide bonds. The van der Waals surface area contributed by atoms with E-state index in [1.54, 1.807) is 12.2 Å². The quantitative estimate of drug-likeness (QED) is 0.116. The molecule has 0 unspecified atom stereocenters. The van der Waals surface area contributed by atoms with Crippen LogP contribution in [0, 0.1) is 6.92 Å². The molecule has 10 rings (SSSR count). The van der Waals surface area contributed by atoms with E-state index in [1.165, 1.54) is 5.56 Å². The van der Waals surface area contributed by atoms with Crippen LogP contribution in [0.3, 0.4) is 0 Å². The number of hydrogen-bond donors (Lipinski definition) is 1. The Morgan fingerprint density at radius 2 is 1.15 bits per heavy atom. The first-order valence-electron chi connectivity index (χ1n) is 21.9. The summed E-state index contributed by atoms with van der Waals surface area (Å²) >= 11 is 0. The van der Waals surface area contributed by atoms with Crippen molar-refractivity contribution in [2.24, 2.45) is 5.73 Å². The van der Waals surface area contributed by atoms with Crippen molar-refractivity contribution in [2.45, 2.75) is 27.2 Å². The van der Waals surface area contributed by atoms with Gasteiger partial charge in [-0.05, 0) is 133 Å². The van der Waals surface area contributed by atoms with Gasteiger partial charge in [0.2, 0.25) is 0 Å². The number of pyridine rings is 3. The van der Waals surface area contributed by atoms with Gasteiger partial charge in [0.25, 0.3) is 0 Å². The summed E-state index contributed by atoms with van der Waals surface area (Å²) in [5.41, 5.74) is 24.3. The normalized spacial score (nSPS) is 11.3. The first kappa shape index (κ1) is 43.3. The van der Waals surface area contributed by atoms with Crippen LogP contribution in [0.2, 0.25) is 0 Å². The second-order valence-corrected chi connectivity index (χ2v) is 15.5. The van der Waals surface area contributed by atoms with Gasteiger partial charge in [0, 0.05) is 57.6 Å². The molecular formula is C59H52N6. The largest absolute Gasteiger partial charge is 0.398 e. The zero-order chi connectivity index (χ0) is 45.3. The van der Waals surface area contributed by atoms with Crippen molar-refractivity contribution in [1.29, 1.82) is 0 Å². The third kappa shape index (κ3) is 8.58. The van der Waals surface area contributed by atoms with Crippen molar-refractivity contribution in [3.05, 3.63) is 232 Å². The second kappa shape index (κ2) is 19.8.